The summed E-state index contributed by atoms with van der Waals surface area (Å²) in [4.78, 5) is 26.1. The maximum atomic E-state index is 12.4. The first-order valence-corrected chi connectivity index (χ1v) is 8.34. The van der Waals surface area contributed by atoms with Gasteiger partial charge in [0.1, 0.15) is 0 Å². The highest BCUT2D eigenvalue weighted by molar-refractivity contribution is 8.00. The summed E-state index contributed by atoms with van der Waals surface area (Å²) in [6, 6.07) is 9.97. The molecule has 1 aromatic rings. The SMILES string of the molecule is O=C(O)CCC1CCCCN1C(=O)CSc1ccccc1. The molecule has 4 nitrogen and oxygen atoms in total. The van der Waals surface area contributed by atoms with Crippen LogP contribution in [0.15, 0.2) is 35.2 Å². The average Bonchev–Trinajstić information content (AvgIpc) is 2.52. The number of piperidine rings is 1. The molecule has 1 aliphatic heterocycles. The average molecular weight is 307 g/mol. The second-order valence-corrected chi connectivity index (χ2v) is 6.32. The second kappa shape index (κ2) is 8.08. The molecule has 114 valence electrons. The molecule has 1 unspecified atom stereocenters. The normalized spacial score (nSPS) is 18.5. The summed E-state index contributed by atoms with van der Waals surface area (Å²) in [5.41, 5.74) is 0. The first kappa shape index (κ1) is 15.9. The Morgan fingerprint density at radius 1 is 1.24 bits per heavy atom. The van der Waals surface area contributed by atoms with Gasteiger partial charge in [-0.2, -0.15) is 0 Å². The number of amides is 1. The molecule has 1 N–H and O–H groups in total. The molecule has 1 fully saturated rings. The highest BCUT2D eigenvalue weighted by Crippen LogP contribution is 2.24. The van der Waals surface area contributed by atoms with Gasteiger partial charge in [-0.1, -0.05) is 18.2 Å². The van der Waals surface area contributed by atoms with E-state index < -0.39 is 5.97 Å². The van der Waals surface area contributed by atoms with Crippen molar-refractivity contribution in [2.75, 3.05) is 12.3 Å². The van der Waals surface area contributed by atoms with Crippen LogP contribution in [0.4, 0.5) is 0 Å². The van der Waals surface area contributed by atoms with Crippen LogP contribution in [-0.4, -0.2) is 40.2 Å². The molecular formula is C16H21NO3S. The van der Waals surface area contributed by atoms with E-state index in [9.17, 15) is 9.59 Å². The lowest BCUT2D eigenvalue weighted by molar-refractivity contribution is -0.139. The standard InChI is InChI=1S/C16H21NO3S/c18-15(12-21-14-7-2-1-3-8-14)17-11-5-4-6-13(17)9-10-16(19)20/h1-3,7-8,13H,4-6,9-12H2,(H,19,20). The summed E-state index contributed by atoms with van der Waals surface area (Å²) in [7, 11) is 0. The van der Waals surface area contributed by atoms with Gasteiger partial charge in [-0.15, -0.1) is 11.8 Å². The number of carbonyl (C=O) groups is 2. The molecule has 0 bridgehead atoms. The lowest BCUT2D eigenvalue weighted by Gasteiger charge is -2.35. The number of carbonyl (C=O) groups excluding carboxylic acids is 1. The topological polar surface area (TPSA) is 57.6 Å². The molecule has 1 aromatic carbocycles. The summed E-state index contributed by atoms with van der Waals surface area (Å²) in [6.45, 7) is 0.762. The lowest BCUT2D eigenvalue weighted by atomic mass is 9.98. The van der Waals surface area contributed by atoms with Crippen molar-refractivity contribution in [3.8, 4) is 0 Å². The zero-order chi connectivity index (χ0) is 15.1. The summed E-state index contributed by atoms with van der Waals surface area (Å²) in [5.74, 6) is -0.237. The zero-order valence-corrected chi connectivity index (χ0v) is 12.8. The Hall–Kier alpha value is -1.49. The van der Waals surface area contributed by atoms with Crippen LogP contribution in [0.2, 0.25) is 0 Å². The minimum atomic E-state index is -0.786. The van der Waals surface area contributed by atoms with E-state index in [1.807, 2.05) is 35.2 Å². The van der Waals surface area contributed by atoms with E-state index >= 15 is 0 Å². The van der Waals surface area contributed by atoms with E-state index in [0.29, 0.717) is 12.2 Å². The predicted octanol–water partition coefficient (Wildman–Crippen LogP) is 3.02. The van der Waals surface area contributed by atoms with Gasteiger partial charge in [-0.3, -0.25) is 9.59 Å². The van der Waals surface area contributed by atoms with Crippen LogP contribution in [0.1, 0.15) is 32.1 Å². The van der Waals surface area contributed by atoms with E-state index in [0.717, 1.165) is 30.7 Å². The van der Waals surface area contributed by atoms with Crippen LogP contribution in [0.5, 0.6) is 0 Å². The Kier molecular flexibility index (Phi) is 6.11. The quantitative estimate of drug-likeness (QED) is 0.821. The minimum absolute atomic E-state index is 0.0960. The van der Waals surface area contributed by atoms with E-state index in [2.05, 4.69) is 0 Å². The van der Waals surface area contributed by atoms with Gasteiger partial charge in [0.25, 0.3) is 0 Å². The van der Waals surface area contributed by atoms with Crippen molar-refractivity contribution in [1.29, 1.82) is 0 Å². The smallest absolute Gasteiger partial charge is 0.303 e. The molecule has 1 amide bonds. The number of nitrogens with zero attached hydrogens (tertiary/aromatic N) is 1. The van der Waals surface area contributed by atoms with Crippen molar-refractivity contribution in [3.05, 3.63) is 30.3 Å². The van der Waals surface area contributed by atoms with Crippen molar-refractivity contribution < 1.29 is 14.7 Å². The second-order valence-electron chi connectivity index (χ2n) is 5.27. The predicted molar refractivity (Wildman–Crippen MR) is 83.4 cm³/mol. The third-order valence-electron chi connectivity index (χ3n) is 3.74. The molecule has 1 heterocycles. The Morgan fingerprint density at radius 3 is 2.71 bits per heavy atom. The molecule has 1 atom stereocenters. The van der Waals surface area contributed by atoms with E-state index in [4.69, 9.17) is 5.11 Å². The Morgan fingerprint density at radius 2 is 2.00 bits per heavy atom. The summed E-state index contributed by atoms with van der Waals surface area (Å²) >= 11 is 1.54. The first-order valence-electron chi connectivity index (χ1n) is 7.36. The number of hydrogen-bond acceptors (Lipinski definition) is 3. The maximum Gasteiger partial charge on any atom is 0.303 e. The third kappa shape index (κ3) is 5.08. The molecule has 1 aliphatic rings. The van der Waals surface area contributed by atoms with E-state index in [1.54, 1.807) is 11.8 Å². The number of carboxylic acids is 1. The van der Waals surface area contributed by atoms with Gasteiger partial charge < -0.3 is 10.0 Å². The number of benzene rings is 1. The van der Waals surface area contributed by atoms with Crippen LogP contribution in [0, 0.1) is 0 Å². The van der Waals surface area contributed by atoms with Gasteiger partial charge in [0, 0.05) is 23.9 Å². The number of aliphatic carboxylic acids is 1. The van der Waals surface area contributed by atoms with Gasteiger partial charge in [0.2, 0.25) is 5.91 Å². The van der Waals surface area contributed by atoms with Crippen LogP contribution in [-0.2, 0) is 9.59 Å². The van der Waals surface area contributed by atoms with Crippen molar-refractivity contribution in [2.45, 2.75) is 43.0 Å². The van der Waals surface area contributed by atoms with Gasteiger partial charge in [-0.05, 0) is 37.8 Å². The fourth-order valence-corrected chi connectivity index (χ4v) is 3.47. The molecule has 0 spiro atoms. The number of rotatable bonds is 6. The Labute approximate surface area is 129 Å². The summed E-state index contributed by atoms with van der Waals surface area (Å²) in [5, 5.41) is 8.81. The van der Waals surface area contributed by atoms with Crippen molar-refractivity contribution in [2.24, 2.45) is 0 Å². The number of likely N-dealkylation sites (tertiary alicyclic amines) is 1. The molecule has 0 radical (unpaired) electrons. The largest absolute Gasteiger partial charge is 0.481 e. The summed E-state index contributed by atoms with van der Waals surface area (Å²) in [6.07, 6.45) is 3.73. The Balaban J connectivity index is 1.87. The van der Waals surface area contributed by atoms with E-state index in [-0.39, 0.29) is 18.4 Å². The van der Waals surface area contributed by atoms with Crippen molar-refractivity contribution in [3.63, 3.8) is 0 Å². The van der Waals surface area contributed by atoms with Gasteiger partial charge >= 0.3 is 5.97 Å². The number of carboxylic acid groups (broad SMARTS) is 1. The molecule has 0 aromatic heterocycles. The fraction of sp³-hybridized carbons (Fsp3) is 0.500. The molecule has 21 heavy (non-hydrogen) atoms. The monoisotopic (exact) mass is 307 g/mol. The molecule has 1 saturated heterocycles. The zero-order valence-electron chi connectivity index (χ0n) is 12.0. The number of hydrogen-bond donors (Lipinski definition) is 1. The first-order chi connectivity index (χ1) is 10.2. The van der Waals surface area contributed by atoms with Crippen molar-refractivity contribution >= 4 is 23.6 Å². The fourth-order valence-electron chi connectivity index (χ4n) is 2.66. The van der Waals surface area contributed by atoms with Gasteiger partial charge in [0.05, 0.1) is 5.75 Å². The van der Waals surface area contributed by atoms with Gasteiger partial charge in [-0.25, -0.2) is 0 Å². The molecule has 5 heteroatoms. The Bertz CT molecular complexity index is 478. The minimum Gasteiger partial charge on any atom is -0.481 e. The summed E-state index contributed by atoms with van der Waals surface area (Å²) < 4.78 is 0. The molecule has 2 rings (SSSR count). The highest BCUT2D eigenvalue weighted by Gasteiger charge is 2.26. The van der Waals surface area contributed by atoms with Gasteiger partial charge in [0.15, 0.2) is 0 Å². The molecule has 0 saturated carbocycles. The van der Waals surface area contributed by atoms with Crippen LogP contribution in [0.3, 0.4) is 0 Å². The lowest BCUT2D eigenvalue weighted by Crippen LogP contribution is -2.44. The van der Waals surface area contributed by atoms with Crippen LogP contribution >= 0.6 is 11.8 Å². The number of thioether (sulfide) groups is 1. The highest BCUT2D eigenvalue weighted by atomic mass is 32.2. The maximum absolute atomic E-state index is 12.4. The van der Waals surface area contributed by atoms with Crippen molar-refractivity contribution in [1.82, 2.24) is 4.90 Å². The van der Waals surface area contributed by atoms with Crippen LogP contribution < -0.4 is 0 Å². The molecular weight excluding hydrogens is 286 g/mol. The molecule has 0 aliphatic carbocycles. The van der Waals surface area contributed by atoms with E-state index in [1.165, 1.54) is 0 Å². The van der Waals surface area contributed by atoms with Crippen LogP contribution in [0.25, 0.3) is 0 Å². The third-order valence-corrected chi connectivity index (χ3v) is 4.74.